The van der Waals surface area contributed by atoms with E-state index in [-0.39, 0.29) is 11.8 Å². The summed E-state index contributed by atoms with van der Waals surface area (Å²) in [5.74, 6) is -0.934. The molecule has 102 valence electrons. The standard InChI is InChI=1S/C9H8F6N2O/c1-4-5(2-16)6(8(10,11)12)3-17-7(4)18-9(13,14)15/h3H,2,16H2,1H3. The summed E-state index contributed by atoms with van der Waals surface area (Å²) >= 11 is 0. The lowest BCUT2D eigenvalue weighted by molar-refractivity contribution is -0.276. The number of alkyl halides is 6. The summed E-state index contributed by atoms with van der Waals surface area (Å²) in [6.07, 6.45) is -9.48. The zero-order valence-corrected chi connectivity index (χ0v) is 8.99. The summed E-state index contributed by atoms with van der Waals surface area (Å²) < 4.78 is 77.0. The van der Waals surface area contributed by atoms with E-state index in [2.05, 4.69) is 9.72 Å². The molecule has 0 aliphatic rings. The number of hydrogen-bond donors (Lipinski definition) is 1. The van der Waals surface area contributed by atoms with E-state index in [4.69, 9.17) is 5.73 Å². The smallest absolute Gasteiger partial charge is 0.388 e. The third kappa shape index (κ3) is 3.25. The normalized spacial score (nSPS) is 12.7. The number of aromatic nitrogens is 1. The number of ether oxygens (including phenoxy) is 1. The van der Waals surface area contributed by atoms with Crippen LogP contribution >= 0.6 is 0 Å². The van der Waals surface area contributed by atoms with Crippen LogP contribution in [0.4, 0.5) is 26.3 Å². The van der Waals surface area contributed by atoms with Gasteiger partial charge in [-0.25, -0.2) is 4.98 Å². The number of pyridine rings is 1. The van der Waals surface area contributed by atoms with Crippen molar-refractivity contribution in [2.75, 3.05) is 0 Å². The molecule has 0 aliphatic carbocycles. The fourth-order valence-electron chi connectivity index (χ4n) is 1.35. The van der Waals surface area contributed by atoms with Gasteiger partial charge in [0.2, 0.25) is 5.88 Å². The van der Waals surface area contributed by atoms with E-state index in [0.29, 0.717) is 0 Å². The first-order valence-corrected chi connectivity index (χ1v) is 4.57. The fourth-order valence-corrected chi connectivity index (χ4v) is 1.35. The molecule has 0 spiro atoms. The third-order valence-electron chi connectivity index (χ3n) is 2.13. The largest absolute Gasteiger partial charge is 0.574 e. The van der Waals surface area contributed by atoms with Crippen LogP contribution in [-0.2, 0) is 12.7 Å². The molecule has 3 nitrogen and oxygen atoms in total. The maximum Gasteiger partial charge on any atom is 0.574 e. The first-order chi connectivity index (χ1) is 8.06. The van der Waals surface area contributed by atoms with Gasteiger partial charge in [0, 0.05) is 18.3 Å². The number of halogens is 6. The number of rotatable bonds is 2. The Hall–Kier alpha value is -1.51. The molecule has 1 aromatic rings. The molecule has 0 aliphatic heterocycles. The van der Waals surface area contributed by atoms with E-state index in [1.165, 1.54) is 0 Å². The first-order valence-electron chi connectivity index (χ1n) is 4.57. The van der Waals surface area contributed by atoms with Crippen LogP contribution in [0.2, 0.25) is 0 Å². The second kappa shape index (κ2) is 4.63. The monoisotopic (exact) mass is 274 g/mol. The third-order valence-corrected chi connectivity index (χ3v) is 2.13. The van der Waals surface area contributed by atoms with E-state index in [9.17, 15) is 26.3 Å². The molecule has 0 radical (unpaired) electrons. The first kappa shape index (κ1) is 14.6. The highest BCUT2D eigenvalue weighted by atomic mass is 19.4. The van der Waals surface area contributed by atoms with Crippen molar-refractivity contribution >= 4 is 0 Å². The van der Waals surface area contributed by atoms with Gasteiger partial charge in [-0.1, -0.05) is 0 Å². The predicted molar refractivity (Wildman–Crippen MR) is 48.6 cm³/mol. The Labute approximate surface area is 97.6 Å². The van der Waals surface area contributed by atoms with E-state index in [1.54, 1.807) is 0 Å². The van der Waals surface area contributed by atoms with E-state index >= 15 is 0 Å². The lowest BCUT2D eigenvalue weighted by Gasteiger charge is -2.17. The molecular weight excluding hydrogens is 266 g/mol. The summed E-state index contributed by atoms with van der Waals surface area (Å²) in [5.41, 5.74) is 3.09. The van der Waals surface area contributed by atoms with Gasteiger partial charge >= 0.3 is 12.5 Å². The molecule has 18 heavy (non-hydrogen) atoms. The van der Waals surface area contributed by atoms with Crippen LogP contribution in [0.25, 0.3) is 0 Å². The van der Waals surface area contributed by atoms with Crippen LogP contribution in [0.15, 0.2) is 6.20 Å². The molecule has 0 amide bonds. The van der Waals surface area contributed by atoms with Crippen LogP contribution in [-0.4, -0.2) is 11.3 Å². The summed E-state index contributed by atoms with van der Waals surface area (Å²) in [6.45, 7) is 0.461. The van der Waals surface area contributed by atoms with Gasteiger partial charge in [-0.3, -0.25) is 0 Å². The lowest BCUT2D eigenvalue weighted by Crippen LogP contribution is -2.21. The van der Waals surface area contributed by atoms with Crippen molar-refractivity contribution in [2.24, 2.45) is 5.73 Å². The highest BCUT2D eigenvalue weighted by molar-refractivity contribution is 5.40. The van der Waals surface area contributed by atoms with Gasteiger partial charge in [0.05, 0.1) is 5.56 Å². The number of nitrogens with zero attached hydrogens (tertiary/aromatic N) is 1. The van der Waals surface area contributed by atoms with E-state index in [1.807, 2.05) is 0 Å². The molecule has 9 heteroatoms. The molecule has 0 unspecified atom stereocenters. The predicted octanol–water partition coefficient (Wildman–Crippen LogP) is 2.77. The molecule has 0 fully saturated rings. The molecule has 0 bridgehead atoms. The van der Waals surface area contributed by atoms with E-state index < -0.39 is 36.1 Å². The van der Waals surface area contributed by atoms with Crippen LogP contribution in [0.5, 0.6) is 5.88 Å². The summed E-state index contributed by atoms with van der Waals surface area (Å²) in [4.78, 5) is 3.02. The Morgan fingerprint density at radius 1 is 1.22 bits per heavy atom. The van der Waals surface area contributed by atoms with Crippen molar-refractivity contribution < 1.29 is 31.1 Å². The van der Waals surface area contributed by atoms with Crippen molar-refractivity contribution in [3.8, 4) is 5.88 Å². The second-order valence-corrected chi connectivity index (χ2v) is 3.33. The second-order valence-electron chi connectivity index (χ2n) is 3.33. The zero-order valence-electron chi connectivity index (χ0n) is 8.99. The Morgan fingerprint density at radius 3 is 2.17 bits per heavy atom. The van der Waals surface area contributed by atoms with Crippen molar-refractivity contribution in [1.82, 2.24) is 4.98 Å². The molecular formula is C9H8F6N2O. The van der Waals surface area contributed by atoms with Gasteiger partial charge < -0.3 is 10.5 Å². The van der Waals surface area contributed by atoms with Gasteiger partial charge in [-0.15, -0.1) is 13.2 Å². The highest BCUT2D eigenvalue weighted by Crippen LogP contribution is 2.36. The molecule has 2 N–H and O–H groups in total. The maximum absolute atomic E-state index is 12.5. The summed E-state index contributed by atoms with van der Waals surface area (Å²) in [7, 11) is 0. The van der Waals surface area contributed by atoms with Crippen LogP contribution in [0, 0.1) is 6.92 Å². The average molecular weight is 274 g/mol. The van der Waals surface area contributed by atoms with Crippen molar-refractivity contribution in [2.45, 2.75) is 26.0 Å². The van der Waals surface area contributed by atoms with Crippen molar-refractivity contribution in [3.05, 3.63) is 22.9 Å². The number of hydrogen-bond acceptors (Lipinski definition) is 3. The van der Waals surface area contributed by atoms with Crippen LogP contribution in [0.3, 0.4) is 0 Å². The fraction of sp³-hybridized carbons (Fsp3) is 0.444. The van der Waals surface area contributed by atoms with E-state index in [0.717, 1.165) is 6.92 Å². The van der Waals surface area contributed by atoms with Crippen molar-refractivity contribution in [1.29, 1.82) is 0 Å². The quantitative estimate of drug-likeness (QED) is 0.843. The molecule has 1 heterocycles. The lowest BCUT2D eigenvalue weighted by atomic mass is 10.0. The van der Waals surface area contributed by atoms with Gasteiger partial charge in [-0.05, 0) is 12.5 Å². The minimum absolute atomic E-state index is 0.274. The molecule has 0 saturated carbocycles. The molecule has 0 aromatic carbocycles. The topological polar surface area (TPSA) is 48.1 Å². The SMILES string of the molecule is Cc1c(OC(F)(F)F)ncc(C(F)(F)F)c1CN. The Morgan fingerprint density at radius 2 is 1.78 bits per heavy atom. The van der Waals surface area contributed by atoms with Crippen LogP contribution in [0.1, 0.15) is 16.7 Å². The summed E-state index contributed by atoms with van der Waals surface area (Å²) in [5, 5.41) is 0. The average Bonchev–Trinajstić information content (AvgIpc) is 2.17. The van der Waals surface area contributed by atoms with Crippen molar-refractivity contribution in [3.63, 3.8) is 0 Å². The zero-order chi connectivity index (χ0) is 14.1. The Bertz CT molecular complexity index is 440. The van der Waals surface area contributed by atoms with Crippen LogP contribution < -0.4 is 10.5 Å². The summed E-state index contributed by atoms with van der Waals surface area (Å²) in [6, 6.07) is 0. The highest BCUT2D eigenvalue weighted by Gasteiger charge is 2.37. The molecule has 0 atom stereocenters. The number of nitrogens with two attached hydrogens (primary N) is 1. The molecule has 1 rings (SSSR count). The molecule has 1 aromatic heterocycles. The van der Waals surface area contributed by atoms with Gasteiger partial charge in [0.15, 0.2) is 0 Å². The van der Waals surface area contributed by atoms with Gasteiger partial charge in [0.25, 0.3) is 0 Å². The minimum atomic E-state index is -5.02. The van der Waals surface area contributed by atoms with Gasteiger partial charge in [0.1, 0.15) is 0 Å². The minimum Gasteiger partial charge on any atom is -0.388 e. The van der Waals surface area contributed by atoms with Gasteiger partial charge in [-0.2, -0.15) is 13.2 Å². The Balaban J connectivity index is 3.29. The maximum atomic E-state index is 12.5. The Kier molecular flexibility index (Phi) is 3.75. The molecule has 0 saturated heterocycles.